The largest absolute Gasteiger partial charge is 0.496 e. The number of ether oxygens (including phenoxy) is 6. The summed E-state index contributed by atoms with van der Waals surface area (Å²) in [6.07, 6.45) is 6.74. The number of rotatable bonds is 24. The summed E-state index contributed by atoms with van der Waals surface area (Å²) < 4.78 is 69.6. The van der Waals surface area contributed by atoms with Crippen LogP contribution in [0.3, 0.4) is 0 Å². The van der Waals surface area contributed by atoms with Crippen LogP contribution in [0.4, 0.5) is 4.39 Å². The second-order valence-electron chi connectivity index (χ2n) is 34.2. The molecule has 0 bridgehead atoms. The summed E-state index contributed by atoms with van der Waals surface area (Å²) in [6.45, 7) is 69.3. The van der Waals surface area contributed by atoms with Crippen LogP contribution in [0.15, 0.2) is 157 Å². The van der Waals surface area contributed by atoms with E-state index in [4.69, 9.17) is 40.0 Å². The lowest BCUT2D eigenvalue weighted by Crippen LogP contribution is -2.16. The minimum absolute atomic E-state index is 0.00870. The maximum atomic E-state index is 13.4. The Labute approximate surface area is 700 Å². The molecule has 1 atom stereocenters. The summed E-state index contributed by atoms with van der Waals surface area (Å²) in [5.74, 6) is 9.71. The van der Waals surface area contributed by atoms with Crippen LogP contribution < -0.4 is 28.4 Å². The van der Waals surface area contributed by atoms with E-state index in [9.17, 15) is 12.8 Å². The van der Waals surface area contributed by atoms with Crippen LogP contribution in [0.1, 0.15) is 356 Å². The van der Waals surface area contributed by atoms with Gasteiger partial charge >= 0.3 is 0 Å². The number of hydrogen-bond donors (Lipinski definition) is 0. The summed E-state index contributed by atoms with van der Waals surface area (Å²) >= 11 is 6.09. The molecule has 1 aliphatic carbocycles. The van der Waals surface area contributed by atoms with Crippen molar-refractivity contribution < 1.29 is 41.2 Å². The van der Waals surface area contributed by atoms with Crippen molar-refractivity contribution in [3.63, 3.8) is 0 Å². The number of hydrogen-bond acceptors (Lipinski definition) is 8. The Balaban J connectivity index is 0.000000443. The van der Waals surface area contributed by atoms with Crippen LogP contribution in [0.5, 0.6) is 34.5 Å². The van der Waals surface area contributed by atoms with E-state index in [-0.39, 0.29) is 35.3 Å². The first kappa shape index (κ1) is 103. The van der Waals surface area contributed by atoms with Crippen molar-refractivity contribution in [2.75, 3.05) is 27.1 Å². The van der Waals surface area contributed by atoms with E-state index in [2.05, 4.69) is 257 Å². The Bertz CT molecular complexity index is 4220. The maximum Gasteiger partial charge on any atom is 0.178 e. The molecular formula is C103H152ClFO8S. The third-order valence-corrected chi connectivity index (χ3v) is 23.0. The molecule has 11 heteroatoms. The minimum atomic E-state index is -3.07. The van der Waals surface area contributed by atoms with Gasteiger partial charge < -0.3 is 28.4 Å². The Kier molecular flexibility index (Phi) is 45.1. The molecule has 0 N–H and O–H groups in total. The first-order chi connectivity index (χ1) is 53.2. The normalized spacial score (nSPS) is 12.2. The highest BCUT2D eigenvalue weighted by Crippen LogP contribution is 2.40. The van der Waals surface area contributed by atoms with E-state index in [0.29, 0.717) is 63.0 Å². The van der Waals surface area contributed by atoms with Gasteiger partial charge in [-0.25, -0.2) is 12.8 Å². The van der Waals surface area contributed by atoms with Gasteiger partial charge in [0.2, 0.25) is 0 Å². The van der Waals surface area contributed by atoms with Gasteiger partial charge in [0.05, 0.1) is 55.3 Å². The highest BCUT2D eigenvalue weighted by atomic mass is 35.5. The Hall–Kier alpha value is -7.53. The summed E-state index contributed by atoms with van der Waals surface area (Å²) in [6, 6.07) is 49.5. The van der Waals surface area contributed by atoms with Crippen molar-refractivity contribution in [3.05, 3.63) is 246 Å². The number of methoxy groups -OCH3 is 3. The third-order valence-electron chi connectivity index (χ3n) is 20.8. The van der Waals surface area contributed by atoms with E-state index in [1.165, 1.54) is 86.0 Å². The molecule has 0 spiro atoms. The van der Waals surface area contributed by atoms with E-state index in [1.807, 2.05) is 84.9 Å². The average Bonchev–Trinajstić information content (AvgIpc) is 0.815. The van der Waals surface area contributed by atoms with Crippen molar-refractivity contribution in [3.8, 4) is 34.5 Å². The highest BCUT2D eigenvalue weighted by molar-refractivity contribution is 7.91. The summed E-state index contributed by atoms with van der Waals surface area (Å²) in [4.78, 5) is 0.467. The Morgan fingerprint density at radius 1 is 0.439 bits per heavy atom. The summed E-state index contributed by atoms with van der Waals surface area (Å²) in [5.41, 5.74) is 20.6. The number of allylic oxidation sites excluding steroid dienone is 1. The molecule has 8 aromatic carbocycles. The molecule has 0 amide bonds. The monoisotopic (exact) mass is 1600 g/mol. The van der Waals surface area contributed by atoms with Crippen LogP contribution in [0, 0.1) is 33.5 Å². The van der Waals surface area contributed by atoms with Gasteiger partial charge in [0.25, 0.3) is 0 Å². The molecule has 1 aliphatic rings. The first-order valence-electron chi connectivity index (χ1n) is 42.0. The second-order valence-corrected chi connectivity index (χ2v) is 36.8. The predicted octanol–water partition coefficient (Wildman–Crippen LogP) is 31.1. The lowest BCUT2D eigenvalue weighted by Gasteiger charge is -2.27. The SMILES string of the molecule is C=C(C)c1ccc(C(C)C)cc1C.CC(C)Oc1ccc(C(C)C)cc1Cl.CC(C)Oc1ccc(C(C)C)cc1F.CCC(C)(C)c1ccc(C(C)C)cc1OC.CCC(C)Oc1ccc(C(C)C)cc1OC.CCS(=O)(=O)c1ccc(C(C)C)cc1C.COc1cc(C(C)C)ccc1C.Cc1cc(C(C)C)ccc1C1CCC1. The average molecular weight is 1600 g/mol. The summed E-state index contributed by atoms with van der Waals surface area (Å²) in [5, 5.41) is 0.699. The lowest BCUT2D eigenvalue weighted by atomic mass is 9.78. The van der Waals surface area contributed by atoms with Gasteiger partial charge in [0, 0.05) is 0 Å². The van der Waals surface area contributed by atoms with E-state index >= 15 is 0 Å². The van der Waals surface area contributed by atoms with Crippen LogP contribution in [0.2, 0.25) is 5.02 Å². The molecule has 8 nitrogen and oxygen atoms in total. The molecule has 0 radical (unpaired) electrons. The van der Waals surface area contributed by atoms with Crippen molar-refractivity contribution >= 4 is 27.0 Å². The zero-order chi connectivity index (χ0) is 86.8. The second kappa shape index (κ2) is 50.2. The number of sulfone groups is 1. The van der Waals surface area contributed by atoms with Crippen molar-refractivity contribution in [1.82, 2.24) is 0 Å². The quantitative estimate of drug-likeness (QED) is 0.0591. The molecule has 1 saturated carbocycles. The standard InChI is InChI=1S/C15H24O.C14H22O2.C14H20.C13H18.C12H17ClO.C12H17FO.C12H18O2S.C11H16O/c1-7-15(4,5)13-9-8-12(11(2)3)10-14(13)16-6;1-6-11(4)16-13-8-7-12(10(2)3)9-14(13)15-5;1-10(2)13-7-8-14(11(3)9-13)12-5-4-6-12;1-9(2)12-6-7-13(10(3)4)11(5)8-12;2*1-8(2)10-5-6-12(11(13)7-10)14-9(3)4;1-5-15(13,14)12-7-6-11(9(2)3)8-10(12)4;1-8(2)10-6-5-9(3)11(7-10)12-4/h8-11H,7H2,1-6H3;7-11H,6H2,1-5H3;7-10,12H,4-6H2,1-3H3;6-9H,3H2,1-2,4-5H3;2*5-9H,1-4H3;6-9H,5H2,1-4H3;5-8H,1-4H3. The fraction of sp³-hybridized carbons (Fsp3) is 0.515. The van der Waals surface area contributed by atoms with E-state index in [0.717, 1.165) is 64.2 Å². The highest BCUT2D eigenvalue weighted by Gasteiger charge is 2.24. The molecule has 0 heterocycles. The molecule has 632 valence electrons. The first-order valence-corrected chi connectivity index (χ1v) is 44.1. The molecule has 8 aromatic rings. The van der Waals surface area contributed by atoms with Gasteiger partial charge in [0.1, 0.15) is 17.2 Å². The van der Waals surface area contributed by atoms with Crippen molar-refractivity contribution in [2.45, 2.75) is 329 Å². The van der Waals surface area contributed by atoms with Crippen LogP contribution in [-0.2, 0) is 15.3 Å². The zero-order valence-corrected chi connectivity index (χ0v) is 78.7. The van der Waals surface area contributed by atoms with E-state index in [1.54, 1.807) is 52.0 Å². The van der Waals surface area contributed by atoms with Gasteiger partial charge in [-0.15, -0.1) is 0 Å². The van der Waals surface area contributed by atoms with Crippen molar-refractivity contribution in [2.24, 2.45) is 0 Å². The molecular weight excluding hydrogens is 1450 g/mol. The van der Waals surface area contributed by atoms with Crippen molar-refractivity contribution in [1.29, 1.82) is 0 Å². The smallest absolute Gasteiger partial charge is 0.178 e. The molecule has 0 saturated heterocycles. The third kappa shape index (κ3) is 34.3. The number of halogens is 2. The van der Waals surface area contributed by atoms with Gasteiger partial charge in [-0.2, -0.15) is 0 Å². The molecule has 1 fully saturated rings. The minimum Gasteiger partial charge on any atom is -0.496 e. The zero-order valence-electron chi connectivity index (χ0n) is 77.2. The van der Waals surface area contributed by atoms with E-state index < -0.39 is 9.84 Å². The van der Waals surface area contributed by atoms with Crippen LogP contribution in [-0.4, -0.2) is 53.8 Å². The van der Waals surface area contributed by atoms with Crippen LogP contribution in [0.25, 0.3) is 5.57 Å². The Morgan fingerprint density at radius 3 is 1.20 bits per heavy atom. The fourth-order valence-corrected chi connectivity index (χ4v) is 13.6. The maximum absolute atomic E-state index is 13.4. The number of benzene rings is 8. The molecule has 114 heavy (non-hydrogen) atoms. The Morgan fingerprint density at radius 2 is 0.816 bits per heavy atom. The number of aryl methyl sites for hydroxylation is 4. The lowest BCUT2D eigenvalue weighted by molar-refractivity contribution is 0.207. The van der Waals surface area contributed by atoms with Gasteiger partial charge in [-0.1, -0.05) is 267 Å². The van der Waals surface area contributed by atoms with Gasteiger partial charge in [-0.05, 0) is 292 Å². The molecule has 1 unspecified atom stereocenters. The molecule has 9 rings (SSSR count). The predicted molar refractivity (Wildman–Crippen MR) is 492 cm³/mol. The van der Waals surface area contributed by atoms with Crippen LogP contribution >= 0.6 is 11.6 Å². The summed E-state index contributed by atoms with van der Waals surface area (Å²) in [7, 11) is 2.09. The van der Waals surface area contributed by atoms with Gasteiger partial charge in [0.15, 0.2) is 32.9 Å². The molecule has 0 aromatic heterocycles. The topological polar surface area (TPSA) is 89.5 Å². The molecule has 0 aliphatic heterocycles. The van der Waals surface area contributed by atoms with Gasteiger partial charge in [-0.3, -0.25) is 0 Å². The fourth-order valence-electron chi connectivity index (χ4n) is 12.2.